The van der Waals surface area contributed by atoms with Crippen LogP contribution in [0.4, 0.5) is 5.69 Å². The summed E-state index contributed by atoms with van der Waals surface area (Å²) < 4.78 is 0. The lowest BCUT2D eigenvalue weighted by Gasteiger charge is -2.17. The van der Waals surface area contributed by atoms with Crippen LogP contribution in [0.25, 0.3) is 0 Å². The third-order valence-electron chi connectivity index (χ3n) is 3.72. The standard InChI is InChI=1S/C16H22N2O3/c1-10(2)7-12(16(20)21)9-17-15(19)14-8-11-5-3-4-6-13(11)18-14/h3-6,10,12,14,18H,7-9H2,1-2H3,(H,17,19)(H,20,21). The SMILES string of the molecule is CC(C)CC(CNC(=O)C1Cc2ccccc2N1)C(=O)O. The van der Waals surface area contributed by atoms with Gasteiger partial charge < -0.3 is 15.7 Å². The zero-order valence-corrected chi connectivity index (χ0v) is 12.4. The molecule has 1 aromatic rings. The molecule has 1 heterocycles. The summed E-state index contributed by atoms with van der Waals surface area (Å²) in [5.41, 5.74) is 2.10. The van der Waals surface area contributed by atoms with Crippen molar-refractivity contribution >= 4 is 17.6 Å². The van der Waals surface area contributed by atoms with E-state index in [1.54, 1.807) is 0 Å². The maximum atomic E-state index is 12.2. The third-order valence-corrected chi connectivity index (χ3v) is 3.72. The Hall–Kier alpha value is -2.04. The van der Waals surface area contributed by atoms with Crippen LogP contribution in [0.1, 0.15) is 25.8 Å². The van der Waals surface area contributed by atoms with Gasteiger partial charge in [-0.1, -0.05) is 32.0 Å². The van der Waals surface area contributed by atoms with Crippen LogP contribution in [-0.4, -0.2) is 29.6 Å². The Labute approximate surface area is 124 Å². The fourth-order valence-electron chi connectivity index (χ4n) is 2.64. The number of amides is 1. The number of fused-ring (bicyclic) bond motifs is 1. The molecular weight excluding hydrogens is 268 g/mol. The largest absolute Gasteiger partial charge is 0.481 e. The van der Waals surface area contributed by atoms with E-state index in [2.05, 4.69) is 10.6 Å². The van der Waals surface area contributed by atoms with Crippen molar-refractivity contribution in [3.8, 4) is 0 Å². The fraction of sp³-hybridized carbons (Fsp3) is 0.500. The predicted molar refractivity (Wildman–Crippen MR) is 81.1 cm³/mol. The minimum Gasteiger partial charge on any atom is -0.481 e. The van der Waals surface area contributed by atoms with Gasteiger partial charge in [-0.2, -0.15) is 0 Å². The first-order valence-corrected chi connectivity index (χ1v) is 7.32. The number of nitrogens with one attached hydrogen (secondary N) is 2. The van der Waals surface area contributed by atoms with E-state index < -0.39 is 11.9 Å². The first kappa shape index (κ1) is 15.4. The second-order valence-electron chi connectivity index (χ2n) is 5.97. The Morgan fingerprint density at radius 1 is 1.38 bits per heavy atom. The normalized spacial score (nSPS) is 18.0. The number of carbonyl (C=O) groups is 2. The van der Waals surface area contributed by atoms with Crippen molar-refractivity contribution in [2.45, 2.75) is 32.7 Å². The van der Waals surface area contributed by atoms with Gasteiger partial charge in [0.25, 0.3) is 0 Å². The summed E-state index contributed by atoms with van der Waals surface area (Å²) in [6, 6.07) is 7.51. The number of para-hydroxylation sites is 1. The summed E-state index contributed by atoms with van der Waals surface area (Å²) in [7, 11) is 0. The molecule has 0 aliphatic carbocycles. The topological polar surface area (TPSA) is 78.4 Å². The van der Waals surface area contributed by atoms with Gasteiger partial charge in [-0.25, -0.2) is 0 Å². The Morgan fingerprint density at radius 3 is 2.71 bits per heavy atom. The van der Waals surface area contributed by atoms with Crippen molar-refractivity contribution in [1.29, 1.82) is 0 Å². The van der Waals surface area contributed by atoms with E-state index in [4.69, 9.17) is 0 Å². The number of hydrogen-bond donors (Lipinski definition) is 3. The lowest BCUT2D eigenvalue weighted by atomic mass is 9.97. The number of carboxylic acid groups (broad SMARTS) is 1. The molecule has 5 nitrogen and oxygen atoms in total. The minimum absolute atomic E-state index is 0.138. The molecule has 5 heteroatoms. The Kier molecular flexibility index (Phi) is 4.83. The van der Waals surface area contributed by atoms with Crippen molar-refractivity contribution < 1.29 is 14.7 Å². The average molecular weight is 290 g/mol. The van der Waals surface area contributed by atoms with E-state index in [0.717, 1.165) is 11.3 Å². The third kappa shape index (κ3) is 3.97. The summed E-state index contributed by atoms with van der Waals surface area (Å²) in [5.74, 6) is -1.23. The second kappa shape index (κ2) is 6.61. The molecule has 114 valence electrons. The molecule has 0 saturated heterocycles. The molecule has 2 rings (SSSR count). The molecule has 21 heavy (non-hydrogen) atoms. The summed E-state index contributed by atoms with van der Waals surface area (Å²) >= 11 is 0. The van der Waals surface area contributed by atoms with E-state index >= 15 is 0 Å². The predicted octanol–water partition coefficient (Wildman–Crippen LogP) is 1.89. The molecule has 0 bridgehead atoms. The smallest absolute Gasteiger partial charge is 0.308 e. The highest BCUT2D eigenvalue weighted by Crippen LogP contribution is 2.25. The van der Waals surface area contributed by atoms with Crippen LogP contribution in [0.3, 0.4) is 0 Å². The van der Waals surface area contributed by atoms with Crippen molar-refractivity contribution in [2.75, 3.05) is 11.9 Å². The van der Waals surface area contributed by atoms with Gasteiger partial charge in [-0.3, -0.25) is 9.59 Å². The summed E-state index contributed by atoms with van der Waals surface area (Å²) in [4.78, 5) is 23.3. The van der Waals surface area contributed by atoms with Crippen LogP contribution in [-0.2, 0) is 16.0 Å². The average Bonchev–Trinajstić information content (AvgIpc) is 2.86. The molecule has 0 aromatic heterocycles. The molecule has 0 saturated carbocycles. The zero-order valence-electron chi connectivity index (χ0n) is 12.4. The maximum absolute atomic E-state index is 12.2. The van der Waals surface area contributed by atoms with Crippen LogP contribution >= 0.6 is 0 Å². The quantitative estimate of drug-likeness (QED) is 0.747. The summed E-state index contributed by atoms with van der Waals surface area (Å²) in [5, 5.41) is 15.1. The Balaban J connectivity index is 1.87. The van der Waals surface area contributed by atoms with Gasteiger partial charge in [-0.05, 0) is 24.0 Å². The number of rotatable bonds is 6. The van der Waals surface area contributed by atoms with Gasteiger partial charge in [0.15, 0.2) is 0 Å². The highest BCUT2D eigenvalue weighted by molar-refractivity contribution is 5.87. The van der Waals surface area contributed by atoms with E-state index in [1.807, 2.05) is 38.1 Å². The molecule has 0 fully saturated rings. The number of anilines is 1. The molecular formula is C16H22N2O3. The minimum atomic E-state index is -0.855. The van der Waals surface area contributed by atoms with Gasteiger partial charge in [0.05, 0.1) is 5.92 Å². The summed E-state index contributed by atoms with van der Waals surface area (Å²) in [6.07, 6.45) is 1.21. The molecule has 1 aliphatic rings. The first-order valence-electron chi connectivity index (χ1n) is 7.32. The van der Waals surface area contributed by atoms with E-state index in [1.165, 1.54) is 0 Å². The Morgan fingerprint density at radius 2 is 2.10 bits per heavy atom. The number of carboxylic acids is 1. The molecule has 0 spiro atoms. The number of carbonyl (C=O) groups excluding carboxylic acids is 1. The van der Waals surface area contributed by atoms with Crippen molar-refractivity contribution in [3.05, 3.63) is 29.8 Å². The van der Waals surface area contributed by atoms with Gasteiger partial charge >= 0.3 is 5.97 Å². The van der Waals surface area contributed by atoms with E-state index in [0.29, 0.717) is 12.8 Å². The highest BCUT2D eigenvalue weighted by Gasteiger charge is 2.27. The zero-order chi connectivity index (χ0) is 15.4. The number of aliphatic carboxylic acids is 1. The molecule has 3 N–H and O–H groups in total. The van der Waals surface area contributed by atoms with Crippen LogP contribution in [0.2, 0.25) is 0 Å². The lowest BCUT2D eigenvalue weighted by Crippen LogP contribution is -2.42. The molecule has 2 unspecified atom stereocenters. The van der Waals surface area contributed by atoms with Gasteiger partial charge in [0, 0.05) is 18.7 Å². The monoisotopic (exact) mass is 290 g/mol. The van der Waals surface area contributed by atoms with Crippen LogP contribution in [0.5, 0.6) is 0 Å². The van der Waals surface area contributed by atoms with Crippen molar-refractivity contribution in [3.63, 3.8) is 0 Å². The maximum Gasteiger partial charge on any atom is 0.308 e. The molecule has 1 aliphatic heterocycles. The summed E-state index contributed by atoms with van der Waals surface area (Å²) in [6.45, 7) is 4.14. The van der Waals surface area contributed by atoms with Crippen molar-refractivity contribution in [1.82, 2.24) is 5.32 Å². The van der Waals surface area contributed by atoms with Crippen LogP contribution in [0.15, 0.2) is 24.3 Å². The van der Waals surface area contributed by atoms with E-state index in [9.17, 15) is 14.7 Å². The van der Waals surface area contributed by atoms with Gasteiger partial charge in [0.1, 0.15) is 6.04 Å². The first-order chi connectivity index (χ1) is 9.97. The molecule has 1 amide bonds. The number of hydrogen-bond acceptors (Lipinski definition) is 3. The molecule has 1 aromatic carbocycles. The van der Waals surface area contributed by atoms with Gasteiger partial charge in [0.2, 0.25) is 5.91 Å². The van der Waals surface area contributed by atoms with Crippen LogP contribution < -0.4 is 10.6 Å². The number of benzene rings is 1. The van der Waals surface area contributed by atoms with E-state index in [-0.39, 0.29) is 24.4 Å². The van der Waals surface area contributed by atoms with Gasteiger partial charge in [-0.15, -0.1) is 0 Å². The molecule has 2 atom stereocenters. The fourth-order valence-corrected chi connectivity index (χ4v) is 2.64. The van der Waals surface area contributed by atoms with Crippen molar-refractivity contribution in [2.24, 2.45) is 11.8 Å². The molecule has 0 radical (unpaired) electrons. The Bertz CT molecular complexity index is 503. The van der Waals surface area contributed by atoms with Crippen LogP contribution in [0, 0.1) is 11.8 Å². The second-order valence-corrected chi connectivity index (χ2v) is 5.97. The lowest BCUT2D eigenvalue weighted by molar-refractivity contribution is -0.142. The highest BCUT2D eigenvalue weighted by atomic mass is 16.4.